The SMILES string of the molecule is Cn1c(=O)ccn(CC(=O)NC[C@H](O)c2cccc(Cl)c2)c1=O. The number of benzene rings is 1. The van der Waals surface area contributed by atoms with Crippen LogP contribution < -0.4 is 16.6 Å². The van der Waals surface area contributed by atoms with Gasteiger partial charge < -0.3 is 10.4 Å². The maximum absolute atomic E-state index is 11.9. The summed E-state index contributed by atoms with van der Waals surface area (Å²) < 4.78 is 2.02. The Kier molecular flexibility index (Phi) is 5.36. The number of nitrogens with one attached hydrogen (secondary N) is 1. The number of aliphatic hydroxyl groups is 1. The van der Waals surface area contributed by atoms with Crippen molar-refractivity contribution in [2.24, 2.45) is 7.05 Å². The average molecular weight is 338 g/mol. The lowest BCUT2D eigenvalue weighted by molar-refractivity contribution is -0.122. The normalized spacial score (nSPS) is 12.0. The van der Waals surface area contributed by atoms with Crippen LogP contribution in [0.1, 0.15) is 11.7 Å². The third-order valence-corrected chi connectivity index (χ3v) is 3.54. The van der Waals surface area contributed by atoms with Gasteiger partial charge in [0, 0.05) is 30.9 Å². The molecule has 0 fully saturated rings. The first kappa shape index (κ1) is 17.0. The van der Waals surface area contributed by atoms with E-state index in [0.29, 0.717) is 10.6 Å². The van der Waals surface area contributed by atoms with Gasteiger partial charge in [-0.1, -0.05) is 23.7 Å². The van der Waals surface area contributed by atoms with E-state index in [-0.39, 0.29) is 13.1 Å². The second-order valence-electron chi connectivity index (χ2n) is 5.00. The molecule has 1 atom stereocenters. The van der Waals surface area contributed by atoms with Crippen LogP contribution in [0.3, 0.4) is 0 Å². The molecule has 0 aliphatic heterocycles. The highest BCUT2D eigenvalue weighted by molar-refractivity contribution is 6.30. The second-order valence-corrected chi connectivity index (χ2v) is 5.43. The molecule has 2 rings (SSSR count). The molecule has 0 spiro atoms. The number of hydrogen-bond acceptors (Lipinski definition) is 4. The maximum Gasteiger partial charge on any atom is 0.331 e. The number of carbonyl (C=O) groups is 1. The summed E-state index contributed by atoms with van der Waals surface area (Å²) in [6.45, 7) is -0.255. The number of aliphatic hydroxyl groups excluding tert-OH is 1. The highest BCUT2D eigenvalue weighted by atomic mass is 35.5. The summed E-state index contributed by atoms with van der Waals surface area (Å²) >= 11 is 5.84. The summed E-state index contributed by atoms with van der Waals surface area (Å²) in [4.78, 5) is 35.0. The van der Waals surface area contributed by atoms with Gasteiger partial charge in [0.25, 0.3) is 5.56 Å². The topological polar surface area (TPSA) is 93.3 Å². The van der Waals surface area contributed by atoms with Crippen LogP contribution in [0.15, 0.2) is 46.1 Å². The van der Waals surface area contributed by atoms with Crippen molar-refractivity contribution in [2.45, 2.75) is 12.6 Å². The van der Waals surface area contributed by atoms with Crippen LogP contribution in [0.25, 0.3) is 0 Å². The Morgan fingerprint density at radius 2 is 2.09 bits per heavy atom. The molecule has 0 saturated heterocycles. The average Bonchev–Trinajstić information content (AvgIpc) is 2.53. The summed E-state index contributed by atoms with van der Waals surface area (Å²) in [5.74, 6) is -0.452. The van der Waals surface area contributed by atoms with Gasteiger partial charge in [0.15, 0.2) is 0 Å². The Labute approximate surface area is 136 Å². The van der Waals surface area contributed by atoms with E-state index < -0.39 is 23.3 Å². The van der Waals surface area contributed by atoms with Crippen molar-refractivity contribution in [3.05, 3.63) is 68.0 Å². The van der Waals surface area contributed by atoms with Gasteiger partial charge >= 0.3 is 5.69 Å². The van der Waals surface area contributed by atoms with E-state index >= 15 is 0 Å². The molecule has 0 saturated carbocycles. The highest BCUT2D eigenvalue weighted by Gasteiger charge is 2.11. The minimum Gasteiger partial charge on any atom is -0.387 e. The molecule has 1 amide bonds. The molecule has 1 aromatic carbocycles. The Balaban J connectivity index is 1.97. The highest BCUT2D eigenvalue weighted by Crippen LogP contribution is 2.16. The zero-order valence-corrected chi connectivity index (χ0v) is 13.2. The van der Waals surface area contributed by atoms with Gasteiger partial charge in [0.2, 0.25) is 5.91 Å². The first-order chi connectivity index (χ1) is 10.9. The zero-order valence-electron chi connectivity index (χ0n) is 12.4. The number of hydrogen-bond donors (Lipinski definition) is 2. The van der Waals surface area contributed by atoms with Crippen molar-refractivity contribution in [3.8, 4) is 0 Å². The predicted molar refractivity (Wildman–Crippen MR) is 85.4 cm³/mol. The summed E-state index contributed by atoms with van der Waals surface area (Å²) in [5, 5.41) is 13.0. The zero-order chi connectivity index (χ0) is 17.0. The lowest BCUT2D eigenvalue weighted by Crippen LogP contribution is -2.40. The van der Waals surface area contributed by atoms with Crippen LogP contribution in [-0.4, -0.2) is 26.7 Å². The summed E-state index contributed by atoms with van der Waals surface area (Å²) in [7, 11) is 1.34. The Bertz CT molecular complexity index is 828. The Morgan fingerprint density at radius 1 is 1.35 bits per heavy atom. The summed E-state index contributed by atoms with van der Waals surface area (Å²) in [5.41, 5.74) is -0.442. The van der Waals surface area contributed by atoms with Crippen LogP contribution in [0.5, 0.6) is 0 Å². The molecule has 1 heterocycles. The monoisotopic (exact) mass is 337 g/mol. The molecule has 0 aliphatic rings. The lowest BCUT2D eigenvalue weighted by atomic mass is 10.1. The van der Waals surface area contributed by atoms with Gasteiger partial charge in [-0.15, -0.1) is 0 Å². The summed E-state index contributed by atoms with van der Waals surface area (Å²) in [6.07, 6.45) is 0.354. The smallest absolute Gasteiger partial charge is 0.331 e. The van der Waals surface area contributed by atoms with Crippen molar-refractivity contribution >= 4 is 17.5 Å². The van der Waals surface area contributed by atoms with E-state index in [4.69, 9.17) is 11.6 Å². The first-order valence-electron chi connectivity index (χ1n) is 6.85. The molecule has 23 heavy (non-hydrogen) atoms. The fraction of sp³-hybridized carbons (Fsp3) is 0.267. The van der Waals surface area contributed by atoms with E-state index in [1.807, 2.05) is 0 Å². The molecule has 7 nitrogen and oxygen atoms in total. The van der Waals surface area contributed by atoms with Gasteiger partial charge in [-0.3, -0.25) is 18.7 Å². The van der Waals surface area contributed by atoms with Crippen molar-refractivity contribution in [1.82, 2.24) is 14.5 Å². The number of aromatic nitrogens is 2. The van der Waals surface area contributed by atoms with E-state index in [2.05, 4.69) is 5.32 Å². The van der Waals surface area contributed by atoms with E-state index in [1.165, 1.54) is 19.3 Å². The number of rotatable bonds is 5. The minimum absolute atomic E-state index is 0.0142. The van der Waals surface area contributed by atoms with Crippen LogP contribution in [-0.2, 0) is 18.4 Å². The van der Waals surface area contributed by atoms with Gasteiger partial charge in [-0.2, -0.15) is 0 Å². The quantitative estimate of drug-likeness (QED) is 0.806. The molecule has 2 N–H and O–H groups in total. The third kappa shape index (κ3) is 4.30. The van der Waals surface area contributed by atoms with Gasteiger partial charge in [0.1, 0.15) is 6.54 Å². The molecule has 0 aliphatic carbocycles. The van der Waals surface area contributed by atoms with Crippen molar-refractivity contribution in [2.75, 3.05) is 6.54 Å². The summed E-state index contributed by atoms with van der Waals surface area (Å²) in [6, 6.07) is 7.89. The molecule has 0 bridgehead atoms. The van der Waals surface area contributed by atoms with E-state index in [0.717, 1.165) is 9.13 Å². The van der Waals surface area contributed by atoms with Crippen LogP contribution >= 0.6 is 11.6 Å². The van der Waals surface area contributed by atoms with E-state index in [9.17, 15) is 19.5 Å². The number of nitrogens with zero attached hydrogens (tertiary/aromatic N) is 2. The number of halogens is 1. The van der Waals surface area contributed by atoms with Gasteiger partial charge in [-0.05, 0) is 17.7 Å². The van der Waals surface area contributed by atoms with Gasteiger partial charge in [0.05, 0.1) is 6.10 Å². The third-order valence-electron chi connectivity index (χ3n) is 3.30. The fourth-order valence-corrected chi connectivity index (χ4v) is 2.19. The molecule has 2 aromatic rings. The standard InChI is InChI=1S/C15H16ClN3O4/c1-18-14(22)5-6-19(15(18)23)9-13(21)17-8-12(20)10-3-2-4-11(16)7-10/h2-7,12,20H,8-9H2,1H3,(H,17,21)/t12-/m0/s1. The largest absolute Gasteiger partial charge is 0.387 e. The number of amides is 1. The van der Waals surface area contributed by atoms with Crippen LogP contribution in [0, 0.1) is 0 Å². The van der Waals surface area contributed by atoms with Gasteiger partial charge in [-0.25, -0.2) is 4.79 Å². The van der Waals surface area contributed by atoms with Crippen molar-refractivity contribution in [3.63, 3.8) is 0 Å². The minimum atomic E-state index is -0.908. The predicted octanol–water partition coefficient (Wildman–Crippen LogP) is 0.0502. The molecular formula is C15H16ClN3O4. The maximum atomic E-state index is 11.9. The second kappa shape index (κ2) is 7.26. The van der Waals surface area contributed by atoms with Crippen molar-refractivity contribution < 1.29 is 9.90 Å². The van der Waals surface area contributed by atoms with Crippen LogP contribution in [0.2, 0.25) is 5.02 Å². The molecular weight excluding hydrogens is 322 g/mol. The molecule has 122 valence electrons. The lowest BCUT2D eigenvalue weighted by Gasteiger charge is -2.13. The van der Waals surface area contributed by atoms with Crippen molar-refractivity contribution in [1.29, 1.82) is 0 Å². The fourth-order valence-electron chi connectivity index (χ4n) is 1.99. The van der Waals surface area contributed by atoms with Crippen LogP contribution in [0.4, 0.5) is 0 Å². The number of carbonyl (C=O) groups excluding carboxylic acids is 1. The Hall–Kier alpha value is -2.38. The van der Waals surface area contributed by atoms with E-state index in [1.54, 1.807) is 24.3 Å². The molecule has 0 radical (unpaired) electrons. The Morgan fingerprint density at radius 3 is 2.78 bits per heavy atom. The molecule has 8 heteroatoms. The first-order valence-corrected chi connectivity index (χ1v) is 7.23. The molecule has 0 unspecified atom stereocenters. The molecule has 1 aromatic heterocycles.